The van der Waals surface area contributed by atoms with E-state index >= 15 is 0 Å². The van der Waals surface area contributed by atoms with Gasteiger partial charge in [-0.15, -0.1) is 0 Å². The maximum absolute atomic E-state index is 12.2. The van der Waals surface area contributed by atoms with Crippen molar-refractivity contribution in [2.24, 2.45) is 18.7 Å². The summed E-state index contributed by atoms with van der Waals surface area (Å²) in [5.41, 5.74) is 6.27. The number of aromatic nitrogens is 2. The second kappa shape index (κ2) is 5.10. The molecule has 1 saturated carbocycles. The Kier molecular flexibility index (Phi) is 3.71. The van der Waals surface area contributed by atoms with Crippen molar-refractivity contribution in [3.8, 4) is 0 Å². The first-order valence-electron chi connectivity index (χ1n) is 6.56. The summed E-state index contributed by atoms with van der Waals surface area (Å²) in [4.78, 5) is 12.2. The molecule has 1 amide bonds. The topological polar surface area (TPSA) is 72.9 Å². The highest BCUT2D eigenvalue weighted by Crippen LogP contribution is 2.31. The Morgan fingerprint density at radius 2 is 2.50 bits per heavy atom. The summed E-state index contributed by atoms with van der Waals surface area (Å²) < 4.78 is 1.63. The monoisotopic (exact) mass is 250 g/mol. The first-order valence-corrected chi connectivity index (χ1v) is 6.56. The van der Waals surface area contributed by atoms with Gasteiger partial charge in [-0.3, -0.25) is 9.48 Å². The number of rotatable bonds is 3. The predicted octanol–water partition coefficient (Wildman–Crippen LogP) is 1.06. The molecule has 1 heterocycles. The lowest BCUT2D eigenvalue weighted by molar-refractivity contribution is 0.0854. The molecule has 0 saturated heterocycles. The van der Waals surface area contributed by atoms with E-state index in [9.17, 15) is 4.79 Å². The van der Waals surface area contributed by atoms with Crippen LogP contribution in [0.1, 0.15) is 43.0 Å². The highest BCUT2D eigenvalue weighted by Gasteiger charge is 2.35. The lowest BCUT2D eigenvalue weighted by Crippen LogP contribution is -2.55. The molecular weight excluding hydrogens is 228 g/mol. The number of nitrogens with two attached hydrogens (primary N) is 1. The Balaban J connectivity index is 2.08. The third-order valence-corrected chi connectivity index (χ3v) is 3.83. The number of hydrogen-bond acceptors (Lipinski definition) is 3. The van der Waals surface area contributed by atoms with Crippen molar-refractivity contribution in [2.75, 3.05) is 6.54 Å². The zero-order chi connectivity index (χ0) is 13.2. The Morgan fingerprint density at radius 3 is 3.06 bits per heavy atom. The zero-order valence-electron chi connectivity index (χ0n) is 11.1. The van der Waals surface area contributed by atoms with Crippen LogP contribution in [-0.4, -0.2) is 27.8 Å². The summed E-state index contributed by atoms with van der Waals surface area (Å²) in [5, 5.41) is 7.14. The summed E-state index contributed by atoms with van der Waals surface area (Å²) in [5.74, 6) is 0.555. The van der Waals surface area contributed by atoms with Crippen LogP contribution < -0.4 is 11.1 Å². The lowest BCUT2D eigenvalue weighted by atomic mass is 9.76. The molecule has 1 aromatic heterocycles. The zero-order valence-corrected chi connectivity index (χ0v) is 11.1. The fraction of sp³-hybridized carbons (Fsp3) is 0.692. The van der Waals surface area contributed by atoms with E-state index in [1.54, 1.807) is 24.1 Å². The second-order valence-corrected chi connectivity index (χ2v) is 5.54. The van der Waals surface area contributed by atoms with Gasteiger partial charge in [-0.05, 0) is 18.8 Å². The average molecular weight is 250 g/mol. The molecule has 100 valence electrons. The molecule has 18 heavy (non-hydrogen) atoms. The van der Waals surface area contributed by atoms with Crippen LogP contribution in [-0.2, 0) is 7.05 Å². The van der Waals surface area contributed by atoms with E-state index in [0.717, 1.165) is 19.3 Å². The largest absolute Gasteiger partial charge is 0.345 e. The van der Waals surface area contributed by atoms with Crippen molar-refractivity contribution in [3.63, 3.8) is 0 Å². The molecular formula is C13H22N4O. The van der Waals surface area contributed by atoms with Crippen molar-refractivity contribution in [1.29, 1.82) is 0 Å². The van der Waals surface area contributed by atoms with Gasteiger partial charge in [0, 0.05) is 19.8 Å². The van der Waals surface area contributed by atoms with Crippen molar-refractivity contribution in [2.45, 2.75) is 38.1 Å². The fourth-order valence-corrected chi connectivity index (χ4v) is 2.86. The molecule has 0 bridgehead atoms. The Bertz CT molecular complexity index is 428. The fourth-order valence-electron chi connectivity index (χ4n) is 2.86. The molecule has 1 fully saturated rings. The molecule has 1 aliphatic carbocycles. The van der Waals surface area contributed by atoms with Crippen LogP contribution in [0, 0.1) is 5.92 Å². The average Bonchev–Trinajstić information content (AvgIpc) is 2.76. The van der Waals surface area contributed by atoms with Gasteiger partial charge in [0.1, 0.15) is 0 Å². The highest BCUT2D eigenvalue weighted by molar-refractivity contribution is 5.94. The van der Waals surface area contributed by atoms with Gasteiger partial charge in [0.25, 0.3) is 5.91 Å². The number of nitrogens with zero attached hydrogens (tertiary/aromatic N) is 2. The molecule has 2 atom stereocenters. The van der Waals surface area contributed by atoms with Gasteiger partial charge in [-0.2, -0.15) is 5.10 Å². The van der Waals surface area contributed by atoms with E-state index in [4.69, 9.17) is 5.73 Å². The minimum atomic E-state index is -0.232. The van der Waals surface area contributed by atoms with Crippen molar-refractivity contribution < 1.29 is 4.79 Å². The van der Waals surface area contributed by atoms with E-state index in [1.807, 2.05) is 0 Å². The molecule has 5 heteroatoms. The molecule has 0 spiro atoms. The summed E-state index contributed by atoms with van der Waals surface area (Å²) in [6, 6.07) is 0. The normalized spacial score (nSPS) is 28.1. The van der Waals surface area contributed by atoms with E-state index < -0.39 is 0 Å². The molecule has 0 radical (unpaired) electrons. The summed E-state index contributed by atoms with van der Waals surface area (Å²) in [6.45, 7) is 2.73. The minimum absolute atomic E-state index is 0.0670. The summed E-state index contributed by atoms with van der Waals surface area (Å²) in [6.07, 6.45) is 7.61. The van der Waals surface area contributed by atoms with Gasteiger partial charge in [-0.1, -0.05) is 19.8 Å². The molecule has 2 rings (SSSR count). The SMILES string of the molecule is CC1CCCC(CN)(NC(=O)c2cnn(C)c2)C1. The maximum Gasteiger partial charge on any atom is 0.254 e. The second-order valence-electron chi connectivity index (χ2n) is 5.54. The lowest BCUT2D eigenvalue weighted by Gasteiger charge is -2.39. The Morgan fingerprint density at radius 1 is 1.72 bits per heavy atom. The van der Waals surface area contributed by atoms with Gasteiger partial charge < -0.3 is 11.1 Å². The third-order valence-electron chi connectivity index (χ3n) is 3.83. The first kappa shape index (κ1) is 13.1. The van der Waals surface area contributed by atoms with E-state index in [0.29, 0.717) is 18.0 Å². The van der Waals surface area contributed by atoms with E-state index in [1.165, 1.54) is 6.42 Å². The maximum atomic E-state index is 12.2. The summed E-state index contributed by atoms with van der Waals surface area (Å²) >= 11 is 0. The summed E-state index contributed by atoms with van der Waals surface area (Å²) in [7, 11) is 1.80. The minimum Gasteiger partial charge on any atom is -0.345 e. The van der Waals surface area contributed by atoms with E-state index in [2.05, 4.69) is 17.3 Å². The number of aryl methyl sites for hydroxylation is 1. The van der Waals surface area contributed by atoms with Gasteiger partial charge in [-0.25, -0.2) is 0 Å². The van der Waals surface area contributed by atoms with Crippen LogP contribution in [0.25, 0.3) is 0 Å². The molecule has 0 aliphatic heterocycles. The van der Waals surface area contributed by atoms with Crippen LogP contribution in [0.4, 0.5) is 0 Å². The third kappa shape index (κ3) is 2.72. The Labute approximate surface area is 108 Å². The number of amides is 1. The van der Waals surface area contributed by atoms with Crippen molar-refractivity contribution in [1.82, 2.24) is 15.1 Å². The van der Waals surface area contributed by atoms with Gasteiger partial charge in [0.15, 0.2) is 0 Å². The van der Waals surface area contributed by atoms with Crippen LogP contribution >= 0.6 is 0 Å². The van der Waals surface area contributed by atoms with Crippen LogP contribution in [0.3, 0.4) is 0 Å². The molecule has 0 aromatic carbocycles. The van der Waals surface area contributed by atoms with Crippen molar-refractivity contribution in [3.05, 3.63) is 18.0 Å². The molecule has 1 aliphatic rings. The number of hydrogen-bond donors (Lipinski definition) is 2. The molecule has 2 unspecified atom stereocenters. The molecule has 1 aromatic rings. The highest BCUT2D eigenvalue weighted by atomic mass is 16.1. The van der Waals surface area contributed by atoms with Crippen LogP contribution in [0.15, 0.2) is 12.4 Å². The standard InChI is InChI=1S/C13H22N4O/c1-10-4-3-5-13(6-10,9-14)16-12(18)11-7-15-17(2)8-11/h7-8,10H,3-6,9,14H2,1-2H3,(H,16,18). The number of nitrogens with one attached hydrogen (secondary N) is 1. The predicted molar refractivity (Wildman–Crippen MR) is 70.1 cm³/mol. The van der Waals surface area contributed by atoms with Gasteiger partial charge in [0.2, 0.25) is 0 Å². The first-order chi connectivity index (χ1) is 8.54. The van der Waals surface area contributed by atoms with Gasteiger partial charge >= 0.3 is 0 Å². The quantitative estimate of drug-likeness (QED) is 0.842. The smallest absolute Gasteiger partial charge is 0.254 e. The molecule has 5 nitrogen and oxygen atoms in total. The number of carbonyl (C=O) groups excluding carboxylic acids is 1. The Hall–Kier alpha value is -1.36. The molecule has 3 N–H and O–H groups in total. The number of carbonyl (C=O) groups is 1. The van der Waals surface area contributed by atoms with E-state index in [-0.39, 0.29) is 11.4 Å². The van der Waals surface area contributed by atoms with Crippen molar-refractivity contribution >= 4 is 5.91 Å². The van der Waals surface area contributed by atoms with Crippen LogP contribution in [0.2, 0.25) is 0 Å². The van der Waals surface area contributed by atoms with Crippen LogP contribution in [0.5, 0.6) is 0 Å². The van der Waals surface area contributed by atoms with Gasteiger partial charge in [0.05, 0.1) is 17.3 Å².